The normalized spacial score (nSPS) is 24.4. The molecule has 2 N–H and O–H groups in total. The highest BCUT2D eigenvalue weighted by Gasteiger charge is 2.41. The van der Waals surface area contributed by atoms with E-state index in [1.807, 2.05) is 66.7 Å². The minimum Gasteiger partial charge on any atom is -0.392 e. The van der Waals surface area contributed by atoms with Crippen molar-refractivity contribution in [3.63, 3.8) is 0 Å². The van der Waals surface area contributed by atoms with Gasteiger partial charge >= 0.3 is 0 Å². The fourth-order valence-corrected chi connectivity index (χ4v) is 5.85. The number of benzene rings is 3. The minimum atomic E-state index is -0.512. The van der Waals surface area contributed by atoms with Gasteiger partial charge in [0.05, 0.1) is 32.0 Å². The van der Waals surface area contributed by atoms with Gasteiger partial charge in [0.25, 0.3) is 5.91 Å². The number of piperidine rings is 1. The van der Waals surface area contributed by atoms with Crippen LogP contribution >= 0.6 is 0 Å². The van der Waals surface area contributed by atoms with Crippen molar-refractivity contribution in [3.05, 3.63) is 107 Å². The van der Waals surface area contributed by atoms with Crippen molar-refractivity contribution < 1.29 is 28.8 Å². The third kappa shape index (κ3) is 6.86. The molecule has 1 amide bonds. The molecule has 0 aromatic heterocycles. The van der Waals surface area contributed by atoms with Crippen LogP contribution in [0.4, 0.5) is 0 Å². The van der Waals surface area contributed by atoms with E-state index < -0.39 is 12.1 Å². The Labute approximate surface area is 241 Å². The van der Waals surface area contributed by atoms with E-state index in [4.69, 9.17) is 18.9 Å². The Balaban J connectivity index is 1.12. The molecule has 216 valence electrons. The van der Waals surface area contributed by atoms with E-state index in [-0.39, 0.29) is 24.7 Å². The van der Waals surface area contributed by atoms with Gasteiger partial charge in [-0.15, -0.1) is 0 Å². The van der Waals surface area contributed by atoms with Crippen molar-refractivity contribution in [1.29, 1.82) is 0 Å². The van der Waals surface area contributed by atoms with Crippen LogP contribution in [0.2, 0.25) is 0 Å². The maximum atomic E-state index is 12.4. The first-order chi connectivity index (χ1) is 20.1. The first kappa shape index (κ1) is 28.0. The first-order valence-corrected chi connectivity index (χ1v) is 14.5. The Kier molecular flexibility index (Phi) is 8.76. The summed E-state index contributed by atoms with van der Waals surface area (Å²) in [6.07, 6.45) is 1.83. The lowest BCUT2D eigenvalue weighted by atomic mass is 9.98. The Morgan fingerprint density at radius 2 is 1.51 bits per heavy atom. The summed E-state index contributed by atoms with van der Waals surface area (Å²) in [6, 6.07) is 25.2. The number of hydrogen-bond donors (Lipinski definition) is 2. The zero-order valence-corrected chi connectivity index (χ0v) is 23.2. The molecule has 3 aliphatic heterocycles. The van der Waals surface area contributed by atoms with Crippen LogP contribution in [0.3, 0.4) is 0 Å². The number of ether oxygens (including phenoxy) is 4. The molecule has 8 heteroatoms. The lowest BCUT2D eigenvalue weighted by molar-refractivity contribution is -0.255. The predicted molar refractivity (Wildman–Crippen MR) is 153 cm³/mol. The molecule has 3 aromatic rings. The second-order valence-corrected chi connectivity index (χ2v) is 11.0. The maximum absolute atomic E-state index is 12.4. The highest BCUT2D eigenvalue weighted by atomic mass is 16.7. The number of hydrogen-bond acceptors (Lipinski definition) is 7. The van der Waals surface area contributed by atoms with E-state index >= 15 is 0 Å². The molecule has 3 fully saturated rings. The monoisotopic (exact) mass is 558 g/mol. The van der Waals surface area contributed by atoms with Gasteiger partial charge in [0, 0.05) is 56.6 Å². The number of aliphatic hydroxyl groups excluding tert-OH is 1. The van der Waals surface area contributed by atoms with Gasteiger partial charge in [-0.2, -0.15) is 0 Å². The Hall–Kier alpha value is -3.11. The smallest absolute Gasteiger partial charge is 0.251 e. The fourth-order valence-electron chi connectivity index (χ4n) is 5.85. The summed E-state index contributed by atoms with van der Waals surface area (Å²) in [6.45, 7) is 4.44. The summed E-state index contributed by atoms with van der Waals surface area (Å²) in [5, 5.41) is 12.5. The number of carbonyl (C=O) groups is 1. The maximum Gasteiger partial charge on any atom is 0.251 e. The topological polar surface area (TPSA) is 89.5 Å². The van der Waals surface area contributed by atoms with Crippen molar-refractivity contribution in [3.8, 4) is 0 Å². The lowest BCUT2D eigenvalue weighted by Crippen LogP contribution is -2.48. The molecule has 0 radical (unpaired) electrons. The van der Waals surface area contributed by atoms with Crippen LogP contribution in [0.25, 0.3) is 0 Å². The number of rotatable bonds is 8. The largest absolute Gasteiger partial charge is 0.392 e. The van der Waals surface area contributed by atoms with Crippen LogP contribution in [0.15, 0.2) is 78.9 Å². The molecular weight excluding hydrogens is 520 g/mol. The summed E-state index contributed by atoms with van der Waals surface area (Å²) in [5.74, 6) is -0.490. The fraction of sp³-hybridized carbons (Fsp3) is 0.424. The zero-order chi connectivity index (χ0) is 28.1. The van der Waals surface area contributed by atoms with Crippen LogP contribution < -0.4 is 5.32 Å². The second kappa shape index (κ2) is 12.8. The Morgan fingerprint density at radius 1 is 0.854 bits per heavy atom. The quantitative estimate of drug-likeness (QED) is 0.421. The summed E-state index contributed by atoms with van der Waals surface area (Å²) >= 11 is 0. The highest BCUT2D eigenvalue weighted by Crippen LogP contribution is 2.39. The molecule has 0 aliphatic carbocycles. The molecule has 8 nitrogen and oxygen atoms in total. The van der Waals surface area contributed by atoms with Crippen LogP contribution in [0, 0.1) is 0 Å². The van der Waals surface area contributed by atoms with Crippen molar-refractivity contribution in [2.24, 2.45) is 0 Å². The number of nitrogens with zero attached hydrogens (tertiary/aromatic N) is 1. The van der Waals surface area contributed by atoms with Gasteiger partial charge in [0.2, 0.25) is 0 Å². The number of amides is 1. The molecule has 3 aliphatic rings. The molecule has 3 atom stereocenters. The predicted octanol–water partition coefficient (Wildman–Crippen LogP) is 4.49. The second-order valence-electron chi connectivity index (χ2n) is 11.0. The van der Waals surface area contributed by atoms with E-state index in [2.05, 4.69) is 10.2 Å². The summed E-state index contributed by atoms with van der Waals surface area (Å²) in [7, 11) is 0. The van der Waals surface area contributed by atoms with Crippen molar-refractivity contribution in [2.45, 2.75) is 56.7 Å². The summed E-state index contributed by atoms with van der Waals surface area (Å²) < 4.78 is 24.9. The molecular formula is C33H38N2O6. The Bertz CT molecular complexity index is 1270. The molecule has 0 saturated carbocycles. The minimum absolute atomic E-state index is 0.0134. The average Bonchev–Trinajstić information content (AvgIpc) is 3.49. The third-order valence-electron chi connectivity index (χ3n) is 8.25. The molecule has 41 heavy (non-hydrogen) atoms. The number of likely N-dealkylation sites (tertiary alicyclic amines) is 1. The van der Waals surface area contributed by atoms with Gasteiger partial charge in [-0.1, -0.05) is 66.7 Å². The third-order valence-corrected chi connectivity index (χ3v) is 8.25. The van der Waals surface area contributed by atoms with Crippen LogP contribution in [-0.2, 0) is 32.1 Å². The molecule has 3 heterocycles. The van der Waals surface area contributed by atoms with Crippen LogP contribution in [0.5, 0.6) is 0 Å². The summed E-state index contributed by atoms with van der Waals surface area (Å²) in [5.41, 5.74) is 4.54. The molecule has 3 saturated heterocycles. The molecule has 6 rings (SSSR count). The van der Waals surface area contributed by atoms with E-state index in [0.717, 1.165) is 61.2 Å². The van der Waals surface area contributed by atoms with Gasteiger partial charge in [-0.05, 0) is 28.8 Å². The van der Waals surface area contributed by atoms with Crippen molar-refractivity contribution >= 4 is 5.91 Å². The SMILES string of the molecule is O=C(NCc1ccc([C@@H]2O[C@H](CN3CCC4(CC3)OCCO4)C[C@H](c3ccc(CO)cc3)O2)cc1)c1ccccc1. The zero-order valence-electron chi connectivity index (χ0n) is 23.2. The summed E-state index contributed by atoms with van der Waals surface area (Å²) in [4.78, 5) is 14.9. The number of carbonyl (C=O) groups excluding carboxylic acids is 1. The molecule has 0 bridgehead atoms. The van der Waals surface area contributed by atoms with Crippen molar-refractivity contribution in [1.82, 2.24) is 10.2 Å². The van der Waals surface area contributed by atoms with E-state index in [0.29, 0.717) is 25.3 Å². The standard InChI is InChI=1S/C33H38N2O6/c36-23-25-8-10-26(11-9-25)30-20-29(22-35-16-14-33(15-17-35)38-18-19-39-33)40-32(41-30)28-12-6-24(7-13-28)21-34-31(37)27-4-2-1-3-5-27/h1-13,29-30,32,36H,14-23H2,(H,34,37)/t29-,30+,32+/m0/s1. The lowest BCUT2D eigenvalue weighted by Gasteiger charge is -2.41. The molecule has 0 unspecified atom stereocenters. The van der Waals surface area contributed by atoms with E-state index in [1.54, 1.807) is 12.1 Å². The van der Waals surface area contributed by atoms with Gasteiger partial charge in [-0.25, -0.2) is 0 Å². The van der Waals surface area contributed by atoms with E-state index in [1.165, 1.54) is 0 Å². The average molecular weight is 559 g/mol. The highest BCUT2D eigenvalue weighted by molar-refractivity contribution is 5.94. The van der Waals surface area contributed by atoms with Gasteiger partial charge in [0.1, 0.15) is 0 Å². The van der Waals surface area contributed by atoms with Crippen LogP contribution in [-0.4, -0.2) is 60.7 Å². The number of aliphatic hydroxyl groups is 1. The van der Waals surface area contributed by atoms with Gasteiger partial charge in [-0.3, -0.25) is 4.79 Å². The van der Waals surface area contributed by atoms with Crippen molar-refractivity contribution in [2.75, 3.05) is 32.8 Å². The molecule has 3 aromatic carbocycles. The number of nitrogens with one attached hydrogen (secondary N) is 1. The Morgan fingerprint density at radius 3 is 2.20 bits per heavy atom. The van der Waals surface area contributed by atoms with Gasteiger partial charge < -0.3 is 34.3 Å². The molecule has 1 spiro atoms. The first-order valence-electron chi connectivity index (χ1n) is 14.5. The van der Waals surface area contributed by atoms with E-state index in [9.17, 15) is 9.90 Å². The van der Waals surface area contributed by atoms with Crippen LogP contribution in [0.1, 0.15) is 64.3 Å². The van der Waals surface area contributed by atoms with Gasteiger partial charge in [0.15, 0.2) is 12.1 Å².